The third kappa shape index (κ3) is 5.59. The zero-order valence-electron chi connectivity index (χ0n) is 22.5. The van der Waals surface area contributed by atoms with Crippen LogP contribution in [0.5, 0.6) is 0 Å². The molecule has 1 aromatic carbocycles. The van der Waals surface area contributed by atoms with Gasteiger partial charge < -0.3 is 20.6 Å². The van der Waals surface area contributed by atoms with Crippen LogP contribution in [0.25, 0.3) is 10.4 Å². The number of aromatic nitrogens is 1. The van der Waals surface area contributed by atoms with Gasteiger partial charge in [0, 0.05) is 19.5 Å². The zero-order valence-corrected chi connectivity index (χ0v) is 23.3. The minimum atomic E-state index is -1.07. The molecule has 0 radical (unpaired) electrons. The number of aliphatic hydroxyl groups excluding tert-OH is 1. The van der Waals surface area contributed by atoms with Gasteiger partial charge in [-0.3, -0.25) is 14.4 Å². The van der Waals surface area contributed by atoms with Crippen LogP contribution in [0.1, 0.15) is 56.9 Å². The van der Waals surface area contributed by atoms with Crippen LogP contribution in [-0.2, 0) is 20.9 Å². The molecule has 202 valence electrons. The van der Waals surface area contributed by atoms with Crippen LogP contribution in [0, 0.1) is 36.0 Å². The van der Waals surface area contributed by atoms with Crippen molar-refractivity contribution in [2.24, 2.45) is 10.8 Å². The lowest BCUT2D eigenvalue weighted by molar-refractivity contribution is -0.144. The number of rotatable bonds is 7. The predicted octanol–water partition coefficient (Wildman–Crippen LogP) is 2.84. The molecular formula is C28H35N5O4S. The first-order valence-corrected chi connectivity index (χ1v) is 13.7. The molecule has 2 aliphatic rings. The van der Waals surface area contributed by atoms with E-state index in [9.17, 15) is 24.8 Å². The van der Waals surface area contributed by atoms with E-state index in [4.69, 9.17) is 0 Å². The Morgan fingerprint density at radius 3 is 2.55 bits per heavy atom. The number of aliphatic hydroxyl groups is 1. The summed E-state index contributed by atoms with van der Waals surface area (Å²) in [6, 6.07) is 6.27. The first-order chi connectivity index (χ1) is 17.9. The summed E-state index contributed by atoms with van der Waals surface area (Å²) in [5.41, 5.74) is 4.17. The number of β-amino-alcohol motifs (C(OH)–C–C–N with tert-alkyl or cyclic N) is 1. The second-order valence-electron chi connectivity index (χ2n) is 11.5. The molecule has 38 heavy (non-hydrogen) atoms. The smallest absolute Gasteiger partial charge is 0.246 e. The Morgan fingerprint density at radius 1 is 1.29 bits per heavy atom. The lowest BCUT2D eigenvalue weighted by Gasteiger charge is -2.35. The Balaban J connectivity index is 1.45. The predicted molar refractivity (Wildman–Crippen MR) is 144 cm³/mol. The number of aryl methyl sites for hydroxylation is 2. The van der Waals surface area contributed by atoms with Gasteiger partial charge in [-0.05, 0) is 48.8 Å². The quantitative estimate of drug-likeness (QED) is 0.497. The van der Waals surface area contributed by atoms with Crippen molar-refractivity contribution in [1.82, 2.24) is 20.5 Å². The van der Waals surface area contributed by atoms with Crippen LogP contribution in [-0.4, -0.2) is 57.4 Å². The van der Waals surface area contributed by atoms with Gasteiger partial charge in [-0.25, -0.2) is 4.98 Å². The molecule has 0 unspecified atom stereocenters. The monoisotopic (exact) mass is 537 g/mol. The van der Waals surface area contributed by atoms with E-state index in [1.807, 2.05) is 58.3 Å². The number of carbonyl (C=O) groups excluding carboxylic acids is 3. The van der Waals surface area contributed by atoms with Gasteiger partial charge >= 0.3 is 0 Å². The third-order valence-electron chi connectivity index (χ3n) is 7.40. The molecule has 1 saturated heterocycles. The van der Waals surface area contributed by atoms with Gasteiger partial charge in [0.1, 0.15) is 17.5 Å². The van der Waals surface area contributed by atoms with Crippen molar-refractivity contribution in [1.29, 1.82) is 5.26 Å². The van der Waals surface area contributed by atoms with Gasteiger partial charge in [-0.1, -0.05) is 39.0 Å². The Hall–Kier alpha value is -3.29. The molecule has 3 amide bonds. The maximum absolute atomic E-state index is 13.7. The molecule has 10 heteroatoms. The first-order valence-electron chi connectivity index (χ1n) is 12.8. The molecule has 1 aliphatic heterocycles. The van der Waals surface area contributed by atoms with E-state index in [-0.39, 0.29) is 25.4 Å². The summed E-state index contributed by atoms with van der Waals surface area (Å²) in [4.78, 5) is 46.5. The number of carbonyl (C=O) groups is 3. The van der Waals surface area contributed by atoms with E-state index < -0.39 is 40.8 Å². The average molecular weight is 538 g/mol. The Morgan fingerprint density at radius 2 is 2.00 bits per heavy atom. The minimum absolute atomic E-state index is 0.00473. The molecule has 2 fully saturated rings. The van der Waals surface area contributed by atoms with Crippen LogP contribution in [0.15, 0.2) is 23.7 Å². The molecule has 3 N–H and O–H groups in total. The number of hydrogen-bond acceptors (Lipinski definition) is 7. The van der Waals surface area contributed by atoms with Gasteiger partial charge in [0.05, 0.1) is 28.3 Å². The van der Waals surface area contributed by atoms with Crippen LogP contribution in [0.4, 0.5) is 0 Å². The van der Waals surface area contributed by atoms with Crippen molar-refractivity contribution in [3.63, 3.8) is 0 Å². The topological polar surface area (TPSA) is 135 Å². The summed E-state index contributed by atoms with van der Waals surface area (Å²) in [5.74, 6) is -1.25. The number of amides is 3. The fourth-order valence-electron chi connectivity index (χ4n) is 4.86. The summed E-state index contributed by atoms with van der Waals surface area (Å²) in [7, 11) is 0. The van der Waals surface area contributed by atoms with Crippen LogP contribution < -0.4 is 10.6 Å². The van der Waals surface area contributed by atoms with Crippen molar-refractivity contribution in [3.05, 3.63) is 40.5 Å². The fraction of sp³-hybridized carbons (Fsp3) is 0.536. The van der Waals surface area contributed by atoms with Gasteiger partial charge in [0.15, 0.2) is 0 Å². The van der Waals surface area contributed by atoms with Crippen LogP contribution >= 0.6 is 11.3 Å². The largest absolute Gasteiger partial charge is 0.391 e. The number of nitrogens with one attached hydrogen (secondary N) is 2. The SMILES string of the molecule is Cc1cc(CNC(=O)[C@@H]2C[C@@H](O)CN2C(=O)[C@@H](NC(=O)C2(C#N)CC2)C(C)(C)C)ccc1-c1scnc1C. The van der Waals surface area contributed by atoms with E-state index in [0.717, 1.165) is 27.3 Å². The van der Waals surface area contributed by atoms with Crippen LogP contribution in [0.3, 0.4) is 0 Å². The minimum Gasteiger partial charge on any atom is -0.391 e. The highest BCUT2D eigenvalue weighted by Crippen LogP contribution is 2.45. The van der Waals surface area contributed by atoms with E-state index >= 15 is 0 Å². The molecular weight excluding hydrogens is 502 g/mol. The Bertz CT molecular complexity index is 1290. The number of nitriles is 1. The fourth-order valence-corrected chi connectivity index (χ4v) is 5.76. The maximum atomic E-state index is 13.7. The molecule has 2 heterocycles. The van der Waals surface area contributed by atoms with Crippen molar-refractivity contribution < 1.29 is 19.5 Å². The second kappa shape index (κ2) is 10.5. The van der Waals surface area contributed by atoms with E-state index in [1.54, 1.807) is 11.3 Å². The highest BCUT2D eigenvalue weighted by atomic mass is 32.1. The summed E-state index contributed by atoms with van der Waals surface area (Å²) in [6.45, 7) is 9.75. The number of nitrogens with zero attached hydrogens (tertiary/aromatic N) is 3. The number of thiazole rings is 1. The molecule has 0 bridgehead atoms. The van der Waals surface area contributed by atoms with Crippen molar-refractivity contribution in [2.45, 2.75) is 78.6 Å². The van der Waals surface area contributed by atoms with Gasteiger partial charge in [-0.15, -0.1) is 11.3 Å². The Labute approximate surface area is 227 Å². The first kappa shape index (κ1) is 27.7. The van der Waals surface area contributed by atoms with Crippen molar-refractivity contribution in [2.75, 3.05) is 6.54 Å². The number of hydrogen-bond donors (Lipinski definition) is 3. The third-order valence-corrected chi connectivity index (χ3v) is 8.36. The molecule has 4 rings (SSSR count). The Kier molecular flexibility index (Phi) is 7.64. The van der Waals surface area contributed by atoms with Gasteiger partial charge in [0.2, 0.25) is 17.7 Å². The molecule has 2 aromatic rings. The number of likely N-dealkylation sites (tertiary alicyclic amines) is 1. The average Bonchev–Trinajstić information content (AvgIpc) is 3.40. The standard InChI is InChI=1S/C28H35N5O4S/c1-16-10-18(6-7-20(16)22-17(2)31-15-38-22)12-30-24(35)21-11-19(34)13-33(21)25(36)23(27(3,4)5)32-26(37)28(14-29)8-9-28/h6-7,10,15,19,21,23,34H,8-9,11-13H2,1-5H3,(H,30,35)(H,32,37)/t19-,21+,23-/m1/s1. The summed E-state index contributed by atoms with van der Waals surface area (Å²) in [5, 5.41) is 25.5. The molecule has 1 saturated carbocycles. The zero-order chi connectivity index (χ0) is 27.8. The molecule has 1 aliphatic carbocycles. The van der Waals surface area contributed by atoms with Crippen molar-refractivity contribution >= 4 is 29.1 Å². The highest BCUT2D eigenvalue weighted by molar-refractivity contribution is 7.13. The van der Waals surface area contributed by atoms with Gasteiger partial charge in [0.25, 0.3) is 0 Å². The molecule has 1 aromatic heterocycles. The lowest BCUT2D eigenvalue weighted by Crippen LogP contribution is -2.58. The lowest BCUT2D eigenvalue weighted by atomic mass is 9.85. The van der Waals surface area contributed by atoms with Crippen molar-refractivity contribution in [3.8, 4) is 16.5 Å². The second-order valence-corrected chi connectivity index (χ2v) is 12.4. The van der Waals surface area contributed by atoms with E-state index in [2.05, 4.69) is 21.7 Å². The number of benzene rings is 1. The summed E-state index contributed by atoms with van der Waals surface area (Å²) in [6.07, 6.45) is 0.215. The molecule has 9 nitrogen and oxygen atoms in total. The van der Waals surface area contributed by atoms with E-state index in [0.29, 0.717) is 12.8 Å². The maximum Gasteiger partial charge on any atom is 0.246 e. The van der Waals surface area contributed by atoms with Gasteiger partial charge in [-0.2, -0.15) is 5.26 Å². The molecule has 3 atom stereocenters. The highest BCUT2D eigenvalue weighted by Gasteiger charge is 2.53. The van der Waals surface area contributed by atoms with Crippen LogP contribution in [0.2, 0.25) is 0 Å². The summed E-state index contributed by atoms with van der Waals surface area (Å²) >= 11 is 1.59. The van der Waals surface area contributed by atoms with E-state index in [1.165, 1.54) is 4.90 Å². The molecule has 0 spiro atoms. The normalized spacial score (nSPS) is 20.9. The summed E-state index contributed by atoms with van der Waals surface area (Å²) < 4.78 is 0.